The Balaban J connectivity index is 1.93. The number of halogens is 3. The number of aliphatic carboxylic acids is 1. The van der Waals surface area contributed by atoms with E-state index < -0.39 is 47.7 Å². The summed E-state index contributed by atoms with van der Waals surface area (Å²) < 4.78 is 27.9. The minimum atomic E-state index is -0.859. The van der Waals surface area contributed by atoms with Crippen molar-refractivity contribution in [2.24, 2.45) is 16.6 Å². The van der Waals surface area contributed by atoms with Crippen molar-refractivity contribution in [1.82, 2.24) is 4.90 Å². The third-order valence-corrected chi connectivity index (χ3v) is 7.04. The molecule has 41 heavy (non-hydrogen) atoms. The maximum absolute atomic E-state index is 14.0. The van der Waals surface area contributed by atoms with Gasteiger partial charge < -0.3 is 21.1 Å². The number of carbonyl (C=O) groups is 4. The topological polar surface area (TPSA) is 142 Å². The highest BCUT2D eigenvalue weighted by atomic mass is 35.5. The zero-order chi connectivity index (χ0) is 30.3. The minimum absolute atomic E-state index is 0.0312. The molecule has 0 atom stereocenters. The van der Waals surface area contributed by atoms with E-state index in [1.807, 2.05) is 0 Å². The summed E-state index contributed by atoms with van der Waals surface area (Å²) in [6, 6.07) is 7.03. The van der Waals surface area contributed by atoms with Crippen molar-refractivity contribution < 1.29 is 33.1 Å². The fourth-order valence-corrected chi connectivity index (χ4v) is 5.07. The summed E-state index contributed by atoms with van der Waals surface area (Å²) in [5, 5.41) is 11.8. The third kappa shape index (κ3) is 8.43. The molecule has 9 nitrogen and oxygen atoms in total. The van der Waals surface area contributed by atoms with Gasteiger partial charge in [0.25, 0.3) is 5.91 Å². The summed E-state index contributed by atoms with van der Waals surface area (Å²) >= 11 is 6.29. The molecule has 2 amide bonds. The monoisotopic (exact) mass is 588 g/mol. The molecule has 1 fully saturated rings. The van der Waals surface area contributed by atoms with Crippen molar-refractivity contribution in [2.45, 2.75) is 52.1 Å². The number of carboxylic acids is 1. The number of nitrogens with zero attached hydrogens (tertiary/aromatic N) is 2. The van der Waals surface area contributed by atoms with Gasteiger partial charge in [-0.05, 0) is 62.4 Å². The average Bonchev–Trinajstić information content (AvgIpc) is 2.88. The van der Waals surface area contributed by atoms with Gasteiger partial charge in [-0.2, -0.15) is 0 Å². The summed E-state index contributed by atoms with van der Waals surface area (Å²) in [6.07, 6.45) is 2.98. The van der Waals surface area contributed by atoms with Crippen molar-refractivity contribution in [2.75, 3.05) is 11.9 Å². The van der Waals surface area contributed by atoms with Crippen LogP contribution < -0.4 is 11.1 Å². The molecule has 0 aliphatic heterocycles. The van der Waals surface area contributed by atoms with E-state index in [0.29, 0.717) is 31.7 Å². The number of carbonyl (C=O) groups excluding carboxylic acids is 3. The van der Waals surface area contributed by atoms with E-state index in [0.717, 1.165) is 23.2 Å². The number of amides is 2. The van der Waals surface area contributed by atoms with Crippen molar-refractivity contribution in [1.29, 1.82) is 0 Å². The van der Waals surface area contributed by atoms with Crippen LogP contribution in [0.3, 0.4) is 0 Å². The predicted octanol–water partition coefficient (Wildman–Crippen LogP) is 4.74. The Labute approximate surface area is 241 Å². The van der Waals surface area contributed by atoms with Crippen LogP contribution in [0.5, 0.6) is 0 Å². The van der Waals surface area contributed by atoms with Gasteiger partial charge in [0.05, 0.1) is 40.4 Å². The number of hydrogen-bond acceptors (Lipinski definition) is 6. The van der Waals surface area contributed by atoms with E-state index in [1.54, 1.807) is 13.0 Å². The SMILES string of the molecule is CC(=O)Nc1cccc(Cl)c1C(=O)CN(Cc1cc(F)cc(F)c1)C(=O)C(=CN)C(C)=NC1CCC(C(=O)O)CC1. The van der Waals surface area contributed by atoms with Crippen LogP contribution in [0.15, 0.2) is 53.2 Å². The molecule has 0 saturated heterocycles. The van der Waals surface area contributed by atoms with Crippen LogP contribution in [0.2, 0.25) is 5.02 Å². The molecule has 2 aromatic rings. The number of carboxylic acid groups (broad SMARTS) is 1. The molecular formula is C29H31ClF2N4O5. The van der Waals surface area contributed by atoms with Gasteiger partial charge in [0.1, 0.15) is 11.6 Å². The van der Waals surface area contributed by atoms with Gasteiger partial charge in [-0.3, -0.25) is 24.2 Å². The first-order valence-corrected chi connectivity index (χ1v) is 13.3. The quantitative estimate of drug-likeness (QED) is 0.208. The van der Waals surface area contributed by atoms with E-state index in [2.05, 4.69) is 10.3 Å². The summed E-state index contributed by atoms with van der Waals surface area (Å²) in [6.45, 7) is 1.91. The number of nitrogens with two attached hydrogens (primary N) is 1. The molecule has 2 aromatic carbocycles. The second-order valence-corrected chi connectivity index (χ2v) is 10.3. The molecule has 3 rings (SSSR count). The van der Waals surface area contributed by atoms with E-state index in [-0.39, 0.29) is 45.7 Å². The fraction of sp³-hybridized carbons (Fsp3) is 0.345. The van der Waals surface area contributed by atoms with E-state index in [4.69, 9.17) is 17.3 Å². The van der Waals surface area contributed by atoms with Gasteiger partial charge >= 0.3 is 5.97 Å². The van der Waals surface area contributed by atoms with E-state index in [1.165, 1.54) is 19.1 Å². The molecule has 218 valence electrons. The second-order valence-electron chi connectivity index (χ2n) is 9.84. The van der Waals surface area contributed by atoms with Crippen LogP contribution in [-0.2, 0) is 20.9 Å². The number of ketones is 1. The zero-order valence-electron chi connectivity index (χ0n) is 22.6. The Morgan fingerprint density at radius 2 is 1.73 bits per heavy atom. The van der Waals surface area contributed by atoms with Gasteiger partial charge in [0, 0.05) is 31.4 Å². The molecule has 12 heteroatoms. The molecule has 1 aliphatic carbocycles. The Morgan fingerprint density at radius 1 is 1.10 bits per heavy atom. The van der Waals surface area contributed by atoms with Gasteiger partial charge in [-0.25, -0.2) is 8.78 Å². The lowest BCUT2D eigenvalue weighted by atomic mass is 9.86. The first-order chi connectivity index (χ1) is 19.4. The lowest BCUT2D eigenvalue weighted by Crippen LogP contribution is -2.38. The summed E-state index contributed by atoms with van der Waals surface area (Å²) in [5.74, 6) is -4.81. The average molecular weight is 589 g/mol. The molecule has 1 aliphatic rings. The van der Waals surface area contributed by atoms with Gasteiger partial charge in [0.15, 0.2) is 5.78 Å². The van der Waals surface area contributed by atoms with Crippen molar-refractivity contribution in [3.8, 4) is 0 Å². The molecule has 0 radical (unpaired) electrons. The number of benzene rings is 2. The molecule has 0 spiro atoms. The van der Waals surface area contributed by atoms with Crippen molar-refractivity contribution >= 4 is 46.6 Å². The van der Waals surface area contributed by atoms with Gasteiger partial charge in [0.2, 0.25) is 5.91 Å². The highest BCUT2D eigenvalue weighted by molar-refractivity contribution is 6.35. The molecule has 0 unspecified atom stereocenters. The fourth-order valence-electron chi connectivity index (χ4n) is 4.79. The number of rotatable bonds is 10. The highest BCUT2D eigenvalue weighted by Gasteiger charge is 2.29. The van der Waals surface area contributed by atoms with E-state index >= 15 is 0 Å². The third-order valence-electron chi connectivity index (χ3n) is 6.73. The standard InChI is InChI=1S/C29H31ClF2N4O5/c1-16(34-22-8-6-19(7-9-22)29(40)41)23(13-33)28(39)36(14-18-10-20(31)12-21(32)11-18)15-26(38)27-24(30)4-3-5-25(27)35-17(2)37/h3-5,10-13,19,22H,6-9,14-15,33H2,1-2H3,(H,35,37)(H,40,41). The number of aliphatic imine (C=N–C) groups is 1. The molecule has 0 heterocycles. The molecule has 4 N–H and O–H groups in total. The van der Waals surface area contributed by atoms with Crippen LogP contribution in [0, 0.1) is 17.6 Å². The number of anilines is 1. The maximum atomic E-state index is 14.0. The van der Waals surface area contributed by atoms with Gasteiger partial charge in [-0.1, -0.05) is 17.7 Å². The highest BCUT2D eigenvalue weighted by Crippen LogP contribution is 2.28. The Hall–Kier alpha value is -4.12. The molecule has 1 saturated carbocycles. The summed E-state index contributed by atoms with van der Waals surface area (Å²) in [4.78, 5) is 55.9. The maximum Gasteiger partial charge on any atom is 0.306 e. The smallest absolute Gasteiger partial charge is 0.306 e. The lowest BCUT2D eigenvalue weighted by Gasteiger charge is -2.26. The van der Waals surface area contributed by atoms with Crippen LogP contribution >= 0.6 is 11.6 Å². The number of hydrogen-bond donors (Lipinski definition) is 3. The molecule has 0 aromatic heterocycles. The van der Waals surface area contributed by atoms with Gasteiger partial charge in [-0.15, -0.1) is 0 Å². The molecular weight excluding hydrogens is 558 g/mol. The lowest BCUT2D eigenvalue weighted by molar-refractivity contribution is -0.142. The minimum Gasteiger partial charge on any atom is -0.481 e. The first-order valence-electron chi connectivity index (χ1n) is 12.9. The largest absolute Gasteiger partial charge is 0.481 e. The number of nitrogens with one attached hydrogen (secondary N) is 1. The first kappa shape index (κ1) is 31.4. The summed E-state index contributed by atoms with van der Waals surface area (Å²) in [7, 11) is 0. The van der Waals surface area contributed by atoms with Crippen LogP contribution in [0.25, 0.3) is 0 Å². The van der Waals surface area contributed by atoms with Crippen LogP contribution in [0.4, 0.5) is 14.5 Å². The van der Waals surface area contributed by atoms with Crippen molar-refractivity contribution in [3.05, 3.63) is 76.0 Å². The van der Waals surface area contributed by atoms with Crippen LogP contribution in [-0.4, -0.2) is 51.9 Å². The van der Waals surface area contributed by atoms with Crippen molar-refractivity contribution in [3.63, 3.8) is 0 Å². The normalized spacial score (nSPS) is 17.6. The van der Waals surface area contributed by atoms with E-state index in [9.17, 15) is 33.1 Å². The van der Waals surface area contributed by atoms with Crippen LogP contribution in [0.1, 0.15) is 55.5 Å². The Bertz CT molecular complexity index is 1380. The second kappa shape index (κ2) is 14.0. The zero-order valence-corrected chi connectivity index (χ0v) is 23.4. The predicted molar refractivity (Wildman–Crippen MR) is 151 cm³/mol. The Morgan fingerprint density at radius 3 is 2.29 bits per heavy atom. The number of Topliss-reactive ketones (excluding diaryl/α,β-unsaturated/α-hetero) is 1. The summed E-state index contributed by atoms with van der Waals surface area (Å²) in [5.41, 5.74) is 6.26. The molecule has 0 bridgehead atoms. The Kier molecular flexibility index (Phi) is 10.7.